The lowest BCUT2D eigenvalue weighted by Crippen LogP contribution is -2.42. The molecule has 23 heavy (non-hydrogen) atoms. The number of hydrogen-bond donors (Lipinski definition) is 4. The molecule has 8 heteroatoms. The van der Waals surface area contributed by atoms with Gasteiger partial charge < -0.3 is 30.1 Å². The molecule has 0 spiro atoms. The number of aliphatic carboxylic acids is 2. The first-order valence-corrected chi connectivity index (χ1v) is 7.12. The molecular weight excluding hydrogens is 306 g/mol. The highest BCUT2D eigenvalue weighted by Gasteiger charge is 2.26. The van der Waals surface area contributed by atoms with Gasteiger partial charge in [-0.1, -0.05) is 30.3 Å². The predicted octanol–water partition coefficient (Wildman–Crippen LogP) is -0.119. The van der Waals surface area contributed by atoms with Crippen molar-refractivity contribution in [1.82, 2.24) is 5.32 Å². The van der Waals surface area contributed by atoms with Gasteiger partial charge in [0.2, 0.25) is 0 Å². The number of ether oxygens (including phenoxy) is 2. The van der Waals surface area contributed by atoms with Crippen LogP contribution < -0.4 is 5.32 Å². The normalized spacial score (nSPS) is 18.4. The monoisotopic (exact) mass is 327 g/mol. The summed E-state index contributed by atoms with van der Waals surface area (Å²) in [4.78, 5) is 18.2. The fourth-order valence-corrected chi connectivity index (χ4v) is 2.02. The third-order valence-corrected chi connectivity index (χ3v) is 2.99. The summed E-state index contributed by atoms with van der Waals surface area (Å²) >= 11 is 0. The molecule has 0 aliphatic carbocycles. The second kappa shape index (κ2) is 10.7. The number of aliphatic hydroxyl groups excluding tert-OH is 1. The number of morpholine rings is 1. The van der Waals surface area contributed by atoms with Gasteiger partial charge in [0, 0.05) is 13.1 Å². The number of carboxylic acid groups (broad SMARTS) is 2. The lowest BCUT2D eigenvalue weighted by molar-refractivity contribution is -0.159. The third-order valence-electron chi connectivity index (χ3n) is 2.99. The van der Waals surface area contributed by atoms with E-state index >= 15 is 0 Å². The van der Waals surface area contributed by atoms with E-state index in [1.807, 2.05) is 30.3 Å². The van der Waals surface area contributed by atoms with Crippen LogP contribution in [0, 0.1) is 0 Å². The molecule has 0 aromatic heterocycles. The zero-order valence-corrected chi connectivity index (χ0v) is 12.6. The minimum absolute atomic E-state index is 0.0118. The first kappa shape index (κ1) is 19.0. The van der Waals surface area contributed by atoms with Crippen LogP contribution in [0.1, 0.15) is 11.7 Å². The van der Waals surface area contributed by atoms with Crippen molar-refractivity contribution in [3.63, 3.8) is 0 Å². The van der Waals surface area contributed by atoms with Crippen LogP contribution >= 0.6 is 0 Å². The summed E-state index contributed by atoms with van der Waals surface area (Å²) in [6.07, 6.45) is -0.103. The van der Waals surface area contributed by atoms with Gasteiger partial charge >= 0.3 is 11.9 Å². The molecule has 1 aromatic carbocycles. The number of aliphatic hydroxyl groups is 1. The summed E-state index contributed by atoms with van der Waals surface area (Å²) in [7, 11) is 0. The van der Waals surface area contributed by atoms with E-state index in [0.717, 1.165) is 18.7 Å². The SMILES string of the molecule is O=C(O)C(=O)O.OCCOC(c1ccccc1)C1CNCCO1. The van der Waals surface area contributed by atoms with Crippen LogP contribution in [0.5, 0.6) is 0 Å². The molecule has 4 N–H and O–H groups in total. The highest BCUT2D eigenvalue weighted by Crippen LogP contribution is 2.24. The summed E-state index contributed by atoms with van der Waals surface area (Å²) in [6, 6.07) is 10.0. The summed E-state index contributed by atoms with van der Waals surface area (Å²) in [5, 5.41) is 27.0. The number of carbonyl (C=O) groups is 2. The number of benzene rings is 1. The second-order valence-electron chi connectivity index (χ2n) is 4.65. The summed E-state index contributed by atoms with van der Waals surface area (Å²) in [5.41, 5.74) is 1.09. The Hall–Kier alpha value is -2.00. The van der Waals surface area contributed by atoms with Crippen LogP contribution in [0.2, 0.25) is 0 Å². The number of hydrogen-bond acceptors (Lipinski definition) is 6. The highest BCUT2D eigenvalue weighted by atomic mass is 16.5. The van der Waals surface area contributed by atoms with E-state index in [0.29, 0.717) is 13.2 Å². The third kappa shape index (κ3) is 7.20. The molecule has 2 atom stereocenters. The van der Waals surface area contributed by atoms with Crippen molar-refractivity contribution in [3.05, 3.63) is 35.9 Å². The van der Waals surface area contributed by atoms with E-state index in [-0.39, 0.29) is 18.8 Å². The lowest BCUT2D eigenvalue weighted by atomic mass is 10.0. The fourth-order valence-electron chi connectivity index (χ4n) is 2.02. The van der Waals surface area contributed by atoms with Crippen molar-refractivity contribution in [2.75, 3.05) is 32.9 Å². The largest absolute Gasteiger partial charge is 0.473 e. The smallest absolute Gasteiger partial charge is 0.414 e. The molecule has 1 aliphatic rings. The van der Waals surface area contributed by atoms with Crippen molar-refractivity contribution in [2.45, 2.75) is 12.2 Å². The second-order valence-corrected chi connectivity index (χ2v) is 4.65. The van der Waals surface area contributed by atoms with Crippen LogP contribution in [-0.2, 0) is 19.1 Å². The van der Waals surface area contributed by atoms with E-state index in [2.05, 4.69) is 5.32 Å². The van der Waals surface area contributed by atoms with Crippen molar-refractivity contribution in [2.24, 2.45) is 0 Å². The Morgan fingerprint density at radius 2 is 1.91 bits per heavy atom. The molecule has 2 rings (SSSR count). The maximum absolute atomic E-state index is 9.10. The Bertz CT molecular complexity index is 462. The van der Waals surface area contributed by atoms with Crippen molar-refractivity contribution in [1.29, 1.82) is 0 Å². The van der Waals surface area contributed by atoms with Gasteiger partial charge in [-0.25, -0.2) is 9.59 Å². The summed E-state index contributed by atoms with van der Waals surface area (Å²) in [5.74, 6) is -3.65. The maximum Gasteiger partial charge on any atom is 0.414 e. The molecule has 0 saturated carbocycles. The van der Waals surface area contributed by atoms with Crippen LogP contribution in [0.3, 0.4) is 0 Å². The van der Waals surface area contributed by atoms with Gasteiger partial charge in [0.15, 0.2) is 0 Å². The van der Waals surface area contributed by atoms with E-state index in [1.54, 1.807) is 0 Å². The molecular formula is C15H21NO7. The Kier molecular flexibility index (Phi) is 8.85. The van der Waals surface area contributed by atoms with Gasteiger partial charge in [0.1, 0.15) is 12.2 Å². The molecule has 1 fully saturated rings. The molecule has 128 valence electrons. The summed E-state index contributed by atoms with van der Waals surface area (Å²) in [6.45, 7) is 2.74. The molecule has 1 aliphatic heterocycles. The fraction of sp³-hybridized carbons (Fsp3) is 0.467. The molecule has 0 radical (unpaired) electrons. The minimum Gasteiger partial charge on any atom is -0.473 e. The van der Waals surface area contributed by atoms with E-state index in [9.17, 15) is 0 Å². The Balaban J connectivity index is 0.000000379. The zero-order valence-electron chi connectivity index (χ0n) is 12.6. The molecule has 1 saturated heterocycles. The lowest BCUT2D eigenvalue weighted by Gasteiger charge is -2.31. The van der Waals surface area contributed by atoms with Gasteiger partial charge in [-0.2, -0.15) is 0 Å². The first-order valence-electron chi connectivity index (χ1n) is 7.12. The van der Waals surface area contributed by atoms with Crippen molar-refractivity contribution < 1.29 is 34.4 Å². The number of nitrogens with one attached hydrogen (secondary N) is 1. The zero-order chi connectivity index (χ0) is 17.1. The van der Waals surface area contributed by atoms with Crippen molar-refractivity contribution in [3.8, 4) is 0 Å². The number of rotatable bonds is 5. The molecule has 8 nitrogen and oxygen atoms in total. The van der Waals surface area contributed by atoms with Gasteiger partial charge in [0.05, 0.1) is 19.8 Å². The predicted molar refractivity (Wildman–Crippen MR) is 80.1 cm³/mol. The molecule has 1 aromatic rings. The average molecular weight is 327 g/mol. The Labute approximate surface area is 133 Å². The van der Waals surface area contributed by atoms with E-state index in [1.165, 1.54) is 0 Å². The first-order chi connectivity index (χ1) is 11.1. The average Bonchev–Trinajstić information content (AvgIpc) is 2.58. The molecule has 1 heterocycles. The van der Waals surface area contributed by atoms with Gasteiger partial charge in [-0.15, -0.1) is 0 Å². The van der Waals surface area contributed by atoms with Gasteiger partial charge in [-0.05, 0) is 5.56 Å². The van der Waals surface area contributed by atoms with E-state index in [4.69, 9.17) is 34.4 Å². The van der Waals surface area contributed by atoms with Crippen LogP contribution in [0.4, 0.5) is 0 Å². The maximum atomic E-state index is 9.10. The van der Waals surface area contributed by atoms with Crippen LogP contribution in [0.15, 0.2) is 30.3 Å². The van der Waals surface area contributed by atoms with E-state index < -0.39 is 11.9 Å². The molecule has 0 bridgehead atoms. The standard InChI is InChI=1S/C13H19NO3.C2H2O4/c15-7-9-17-13(11-4-2-1-3-5-11)12-10-14-6-8-16-12;3-1(4)2(5)6/h1-5,12-15H,6-10H2;(H,3,4)(H,5,6). The highest BCUT2D eigenvalue weighted by molar-refractivity contribution is 6.27. The quantitative estimate of drug-likeness (QED) is 0.552. The van der Waals surface area contributed by atoms with Crippen molar-refractivity contribution >= 4 is 11.9 Å². The molecule has 2 unspecified atom stereocenters. The Morgan fingerprint density at radius 1 is 1.26 bits per heavy atom. The topological polar surface area (TPSA) is 125 Å². The molecule has 0 amide bonds. The summed E-state index contributed by atoms with van der Waals surface area (Å²) < 4.78 is 11.4. The van der Waals surface area contributed by atoms with Gasteiger partial charge in [-0.3, -0.25) is 0 Å². The van der Waals surface area contributed by atoms with Crippen LogP contribution in [0.25, 0.3) is 0 Å². The number of carboxylic acids is 2. The van der Waals surface area contributed by atoms with Gasteiger partial charge in [0.25, 0.3) is 0 Å². The van der Waals surface area contributed by atoms with Crippen LogP contribution in [-0.4, -0.2) is 66.3 Å². The minimum atomic E-state index is -1.82. The Morgan fingerprint density at radius 3 is 2.39 bits per heavy atom.